The SMILES string of the molecule is CCOc1ccc(C(=O)C=Cc2cc(OCC)cc(OCC)c2C)cc1. The highest BCUT2D eigenvalue weighted by atomic mass is 16.5. The van der Waals surface area contributed by atoms with Crippen LogP contribution in [0.15, 0.2) is 42.5 Å². The Morgan fingerprint density at radius 3 is 2.12 bits per heavy atom. The van der Waals surface area contributed by atoms with Crippen LogP contribution in [-0.2, 0) is 0 Å². The Hall–Kier alpha value is -2.75. The van der Waals surface area contributed by atoms with E-state index in [-0.39, 0.29) is 5.78 Å². The average molecular weight is 354 g/mol. The molecule has 0 heterocycles. The van der Waals surface area contributed by atoms with Crippen molar-refractivity contribution in [3.63, 3.8) is 0 Å². The second kappa shape index (κ2) is 9.66. The molecule has 0 aliphatic carbocycles. The average Bonchev–Trinajstić information content (AvgIpc) is 2.64. The highest BCUT2D eigenvalue weighted by Gasteiger charge is 2.09. The van der Waals surface area contributed by atoms with Gasteiger partial charge < -0.3 is 14.2 Å². The number of hydrogen-bond acceptors (Lipinski definition) is 4. The van der Waals surface area contributed by atoms with Crippen molar-refractivity contribution in [3.05, 3.63) is 59.2 Å². The molecule has 0 unspecified atom stereocenters. The Morgan fingerprint density at radius 1 is 0.885 bits per heavy atom. The van der Waals surface area contributed by atoms with Crippen LogP contribution in [0.3, 0.4) is 0 Å². The van der Waals surface area contributed by atoms with Gasteiger partial charge in [0.25, 0.3) is 0 Å². The van der Waals surface area contributed by atoms with E-state index in [1.165, 1.54) is 0 Å². The van der Waals surface area contributed by atoms with Crippen LogP contribution in [0, 0.1) is 6.92 Å². The first-order chi connectivity index (χ1) is 12.6. The highest BCUT2D eigenvalue weighted by Crippen LogP contribution is 2.29. The predicted molar refractivity (Wildman–Crippen MR) is 104 cm³/mol. The van der Waals surface area contributed by atoms with Gasteiger partial charge in [-0.25, -0.2) is 0 Å². The Labute approximate surface area is 155 Å². The van der Waals surface area contributed by atoms with Crippen molar-refractivity contribution in [1.82, 2.24) is 0 Å². The topological polar surface area (TPSA) is 44.8 Å². The number of ether oxygens (including phenoxy) is 3. The summed E-state index contributed by atoms with van der Waals surface area (Å²) in [5.74, 6) is 2.20. The van der Waals surface area contributed by atoms with E-state index in [2.05, 4.69) is 0 Å². The minimum absolute atomic E-state index is 0.0628. The van der Waals surface area contributed by atoms with Gasteiger partial charge in [0.05, 0.1) is 19.8 Å². The van der Waals surface area contributed by atoms with Crippen molar-refractivity contribution >= 4 is 11.9 Å². The van der Waals surface area contributed by atoms with Gasteiger partial charge in [0.2, 0.25) is 0 Å². The molecule has 0 bridgehead atoms. The van der Waals surface area contributed by atoms with Crippen molar-refractivity contribution < 1.29 is 19.0 Å². The maximum atomic E-state index is 12.4. The van der Waals surface area contributed by atoms with Crippen molar-refractivity contribution in [3.8, 4) is 17.2 Å². The molecule has 2 aromatic rings. The second-order valence-electron chi connectivity index (χ2n) is 5.66. The van der Waals surface area contributed by atoms with E-state index in [1.807, 2.05) is 39.8 Å². The van der Waals surface area contributed by atoms with Crippen LogP contribution in [0.4, 0.5) is 0 Å². The zero-order valence-corrected chi connectivity index (χ0v) is 15.9. The fourth-order valence-corrected chi connectivity index (χ4v) is 2.56. The summed E-state index contributed by atoms with van der Waals surface area (Å²) in [4.78, 5) is 12.4. The number of ketones is 1. The van der Waals surface area contributed by atoms with Gasteiger partial charge in [-0.05, 0) is 75.2 Å². The minimum atomic E-state index is -0.0628. The van der Waals surface area contributed by atoms with Crippen LogP contribution < -0.4 is 14.2 Å². The van der Waals surface area contributed by atoms with E-state index in [0.717, 1.165) is 28.4 Å². The highest BCUT2D eigenvalue weighted by molar-refractivity contribution is 6.07. The van der Waals surface area contributed by atoms with Gasteiger partial charge in [-0.2, -0.15) is 0 Å². The minimum Gasteiger partial charge on any atom is -0.494 e. The van der Waals surface area contributed by atoms with E-state index in [9.17, 15) is 4.79 Å². The first-order valence-corrected chi connectivity index (χ1v) is 8.94. The molecular formula is C22H26O4. The summed E-state index contributed by atoms with van der Waals surface area (Å²) >= 11 is 0. The molecule has 0 aliphatic rings. The first kappa shape index (κ1) is 19.6. The third kappa shape index (κ3) is 5.12. The van der Waals surface area contributed by atoms with Crippen molar-refractivity contribution in [2.45, 2.75) is 27.7 Å². The number of carbonyl (C=O) groups excluding carboxylic acids is 1. The van der Waals surface area contributed by atoms with Crippen LogP contribution >= 0.6 is 0 Å². The summed E-state index contributed by atoms with van der Waals surface area (Å²) in [6.07, 6.45) is 3.38. The molecule has 4 nitrogen and oxygen atoms in total. The second-order valence-corrected chi connectivity index (χ2v) is 5.66. The quantitative estimate of drug-likeness (QED) is 0.465. The lowest BCUT2D eigenvalue weighted by Crippen LogP contribution is -1.99. The van der Waals surface area contributed by atoms with E-state index in [4.69, 9.17) is 14.2 Å². The molecule has 0 amide bonds. The summed E-state index contributed by atoms with van der Waals surface area (Å²) in [6.45, 7) is 9.53. The molecule has 0 N–H and O–H groups in total. The molecular weight excluding hydrogens is 328 g/mol. The van der Waals surface area contributed by atoms with Crippen molar-refractivity contribution in [1.29, 1.82) is 0 Å². The van der Waals surface area contributed by atoms with Crippen LogP contribution in [-0.4, -0.2) is 25.6 Å². The lowest BCUT2D eigenvalue weighted by molar-refractivity contribution is 0.104. The monoisotopic (exact) mass is 354 g/mol. The molecule has 0 spiro atoms. The smallest absolute Gasteiger partial charge is 0.185 e. The van der Waals surface area contributed by atoms with E-state index in [0.29, 0.717) is 25.4 Å². The van der Waals surface area contributed by atoms with Gasteiger partial charge in [-0.3, -0.25) is 4.79 Å². The van der Waals surface area contributed by atoms with Crippen molar-refractivity contribution in [2.75, 3.05) is 19.8 Å². The van der Waals surface area contributed by atoms with Crippen molar-refractivity contribution in [2.24, 2.45) is 0 Å². The molecule has 0 aliphatic heterocycles. The van der Waals surface area contributed by atoms with Crippen LogP contribution in [0.2, 0.25) is 0 Å². The largest absolute Gasteiger partial charge is 0.494 e. The Balaban J connectivity index is 2.23. The summed E-state index contributed by atoms with van der Waals surface area (Å²) in [6, 6.07) is 11.0. The molecule has 2 rings (SSSR count). The standard InChI is InChI=1S/C22H26O4/c1-5-24-19-11-8-17(9-12-19)21(23)13-10-18-14-20(25-6-2)15-22(16(18)4)26-7-3/h8-15H,5-7H2,1-4H3. The fourth-order valence-electron chi connectivity index (χ4n) is 2.56. The van der Waals surface area contributed by atoms with Gasteiger partial charge in [0.1, 0.15) is 17.2 Å². The zero-order valence-electron chi connectivity index (χ0n) is 15.9. The van der Waals surface area contributed by atoms with Crippen LogP contribution in [0.25, 0.3) is 6.08 Å². The van der Waals surface area contributed by atoms with E-state index in [1.54, 1.807) is 36.4 Å². The lowest BCUT2D eigenvalue weighted by Gasteiger charge is -2.13. The fraction of sp³-hybridized carbons (Fsp3) is 0.318. The van der Waals surface area contributed by atoms with Crippen LogP contribution in [0.5, 0.6) is 17.2 Å². The molecule has 0 fully saturated rings. The van der Waals surface area contributed by atoms with Gasteiger partial charge in [0.15, 0.2) is 5.78 Å². The van der Waals surface area contributed by atoms with E-state index >= 15 is 0 Å². The summed E-state index contributed by atoms with van der Waals surface area (Å²) in [5.41, 5.74) is 2.50. The molecule has 2 aromatic carbocycles. The number of carbonyl (C=O) groups is 1. The molecule has 0 radical (unpaired) electrons. The van der Waals surface area contributed by atoms with Gasteiger partial charge >= 0.3 is 0 Å². The molecule has 0 aromatic heterocycles. The summed E-state index contributed by atoms with van der Waals surface area (Å²) in [5, 5.41) is 0. The maximum absolute atomic E-state index is 12.4. The predicted octanol–water partition coefficient (Wildman–Crippen LogP) is 5.09. The maximum Gasteiger partial charge on any atom is 0.185 e. The third-order valence-electron chi connectivity index (χ3n) is 3.85. The molecule has 0 saturated carbocycles. The Bertz CT molecular complexity index is 760. The number of hydrogen-bond donors (Lipinski definition) is 0. The number of benzene rings is 2. The van der Waals surface area contributed by atoms with Gasteiger partial charge in [-0.1, -0.05) is 6.08 Å². The van der Waals surface area contributed by atoms with E-state index < -0.39 is 0 Å². The number of rotatable bonds is 9. The third-order valence-corrected chi connectivity index (χ3v) is 3.85. The molecule has 138 valence electrons. The van der Waals surface area contributed by atoms with Gasteiger partial charge in [0, 0.05) is 11.6 Å². The summed E-state index contributed by atoms with van der Waals surface area (Å²) < 4.78 is 16.7. The molecule has 4 heteroatoms. The molecule has 0 saturated heterocycles. The first-order valence-electron chi connectivity index (χ1n) is 8.94. The molecule has 0 atom stereocenters. The zero-order chi connectivity index (χ0) is 18.9. The molecule has 26 heavy (non-hydrogen) atoms. The van der Waals surface area contributed by atoms with Crippen LogP contribution in [0.1, 0.15) is 42.3 Å². The lowest BCUT2D eigenvalue weighted by atomic mass is 10.0. The Morgan fingerprint density at radius 2 is 1.50 bits per heavy atom. The van der Waals surface area contributed by atoms with Gasteiger partial charge in [-0.15, -0.1) is 0 Å². The normalized spacial score (nSPS) is 10.8. The summed E-state index contributed by atoms with van der Waals surface area (Å²) in [7, 11) is 0. The number of allylic oxidation sites excluding steroid dienone is 1. The Kier molecular flexibility index (Phi) is 7.27.